The van der Waals surface area contributed by atoms with Crippen molar-refractivity contribution in [3.8, 4) is 0 Å². The van der Waals surface area contributed by atoms with Crippen molar-refractivity contribution in [3.63, 3.8) is 0 Å². The third-order valence-corrected chi connectivity index (χ3v) is 4.48. The van der Waals surface area contributed by atoms with E-state index in [1.807, 2.05) is 6.92 Å². The summed E-state index contributed by atoms with van der Waals surface area (Å²) in [6.45, 7) is 4.28. The summed E-state index contributed by atoms with van der Waals surface area (Å²) in [6, 6.07) is 3.19. The molecular formula is C15H23FN2. The van der Waals surface area contributed by atoms with Crippen LogP contribution in [0.5, 0.6) is 0 Å². The maximum atomic E-state index is 13.0. The quantitative estimate of drug-likeness (QED) is 0.890. The fourth-order valence-corrected chi connectivity index (χ4v) is 3.37. The van der Waals surface area contributed by atoms with Crippen molar-refractivity contribution in [2.45, 2.75) is 51.5 Å². The van der Waals surface area contributed by atoms with Crippen LogP contribution in [0.15, 0.2) is 18.3 Å². The van der Waals surface area contributed by atoms with E-state index in [1.165, 1.54) is 37.9 Å². The van der Waals surface area contributed by atoms with Gasteiger partial charge < -0.3 is 5.73 Å². The molecular weight excluding hydrogens is 227 g/mol. The minimum Gasteiger partial charge on any atom is -0.320 e. The van der Waals surface area contributed by atoms with Gasteiger partial charge in [0, 0.05) is 0 Å². The van der Waals surface area contributed by atoms with E-state index in [0.29, 0.717) is 11.8 Å². The van der Waals surface area contributed by atoms with Gasteiger partial charge in [0.25, 0.3) is 0 Å². The smallest absolute Gasteiger partial charge is 0.141 e. The lowest BCUT2D eigenvalue weighted by molar-refractivity contribution is 0.135. The van der Waals surface area contributed by atoms with Gasteiger partial charge in [-0.05, 0) is 37.3 Å². The fourth-order valence-electron chi connectivity index (χ4n) is 3.37. The predicted octanol–water partition coefficient (Wildman–Crippen LogP) is 3.61. The van der Waals surface area contributed by atoms with Crippen molar-refractivity contribution < 1.29 is 4.39 Å². The number of rotatable bonds is 3. The Hall–Kier alpha value is -0.960. The van der Waals surface area contributed by atoms with Gasteiger partial charge in [-0.2, -0.15) is 0 Å². The second kappa shape index (κ2) is 5.35. The summed E-state index contributed by atoms with van der Waals surface area (Å²) >= 11 is 0. The average Bonchev–Trinajstić information content (AvgIpc) is 2.39. The van der Waals surface area contributed by atoms with E-state index in [4.69, 9.17) is 5.73 Å². The maximum Gasteiger partial charge on any atom is 0.141 e. The first-order chi connectivity index (χ1) is 8.55. The van der Waals surface area contributed by atoms with Crippen molar-refractivity contribution >= 4 is 0 Å². The van der Waals surface area contributed by atoms with Gasteiger partial charge in [-0.1, -0.05) is 32.6 Å². The number of hydrogen-bond acceptors (Lipinski definition) is 2. The molecule has 18 heavy (non-hydrogen) atoms. The molecule has 0 amide bonds. The Kier molecular flexibility index (Phi) is 4.00. The minimum absolute atomic E-state index is 0.301. The van der Waals surface area contributed by atoms with Gasteiger partial charge in [0.05, 0.1) is 17.4 Å². The Morgan fingerprint density at radius 1 is 1.39 bits per heavy atom. The van der Waals surface area contributed by atoms with Gasteiger partial charge in [-0.25, -0.2) is 4.39 Å². The highest BCUT2D eigenvalue weighted by atomic mass is 19.1. The van der Waals surface area contributed by atoms with Crippen LogP contribution in [-0.4, -0.2) is 4.98 Å². The highest BCUT2D eigenvalue weighted by Gasteiger charge is 2.38. The lowest BCUT2D eigenvalue weighted by Gasteiger charge is -2.41. The first kappa shape index (κ1) is 13.5. The molecule has 0 spiro atoms. The van der Waals surface area contributed by atoms with Crippen LogP contribution in [0.4, 0.5) is 4.39 Å². The minimum atomic E-state index is -0.450. The third-order valence-electron chi connectivity index (χ3n) is 4.48. The van der Waals surface area contributed by atoms with E-state index in [-0.39, 0.29) is 5.82 Å². The van der Waals surface area contributed by atoms with E-state index in [1.54, 1.807) is 6.07 Å². The first-order valence-corrected chi connectivity index (χ1v) is 6.96. The molecule has 0 saturated heterocycles. The molecule has 1 fully saturated rings. The Balaban J connectivity index is 2.25. The number of hydrogen-bond donors (Lipinski definition) is 1. The van der Waals surface area contributed by atoms with Crippen LogP contribution in [0.25, 0.3) is 0 Å². The van der Waals surface area contributed by atoms with Gasteiger partial charge >= 0.3 is 0 Å². The molecule has 2 nitrogen and oxygen atoms in total. The van der Waals surface area contributed by atoms with Crippen molar-refractivity contribution in [3.05, 3.63) is 29.8 Å². The van der Waals surface area contributed by atoms with Crippen LogP contribution in [0, 0.1) is 17.7 Å². The number of halogens is 1. The molecule has 0 bridgehead atoms. The Morgan fingerprint density at radius 2 is 2.11 bits per heavy atom. The Labute approximate surface area is 109 Å². The van der Waals surface area contributed by atoms with Crippen molar-refractivity contribution in [1.82, 2.24) is 4.98 Å². The molecule has 1 saturated carbocycles. The van der Waals surface area contributed by atoms with Crippen LogP contribution >= 0.6 is 0 Å². The molecule has 1 aliphatic carbocycles. The van der Waals surface area contributed by atoms with Gasteiger partial charge in [-0.3, -0.25) is 4.98 Å². The van der Waals surface area contributed by atoms with Crippen molar-refractivity contribution in [2.75, 3.05) is 0 Å². The molecule has 3 atom stereocenters. The van der Waals surface area contributed by atoms with Crippen molar-refractivity contribution in [1.29, 1.82) is 0 Å². The van der Waals surface area contributed by atoms with E-state index >= 15 is 0 Å². The molecule has 3 unspecified atom stereocenters. The SMILES string of the molecule is CCC1CCCCC1C(C)(N)c1ccc(F)cn1. The van der Waals surface area contributed by atoms with Gasteiger partial charge in [0.1, 0.15) is 5.82 Å². The summed E-state index contributed by atoms with van der Waals surface area (Å²) in [5.41, 5.74) is 6.91. The average molecular weight is 250 g/mol. The Bertz CT molecular complexity index is 386. The van der Waals surface area contributed by atoms with Gasteiger partial charge in [0.15, 0.2) is 0 Å². The van der Waals surface area contributed by atoms with Crippen LogP contribution in [-0.2, 0) is 5.54 Å². The molecule has 100 valence electrons. The predicted molar refractivity (Wildman–Crippen MR) is 71.5 cm³/mol. The highest BCUT2D eigenvalue weighted by molar-refractivity contribution is 5.17. The molecule has 1 heterocycles. The summed E-state index contributed by atoms with van der Waals surface area (Å²) in [4.78, 5) is 4.19. The molecule has 0 aliphatic heterocycles. The van der Waals surface area contributed by atoms with E-state index < -0.39 is 5.54 Å². The lowest BCUT2D eigenvalue weighted by atomic mass is 9.67. The second-order valence-corrected chi connectivity index (χ2v) is 5.70. The fraction of sp³-hybridized carbons (Fsp3) is 0.667. The maximum absolute atomic E-state index is 13.0. The topological polar surface area (TPSA) is 38.9 Å². The molecule has 1 aromatic heterocycles. The van der Waals surface area contributed by atoms with Crippen LogP contribution in [0.3, 0.4) is 0 Å². The summed E-state index contributed by atoms with van der Waals surface area (Å²) in [5, 5.41) is 0. The van der Waals surface area contributed by atoms with E-state index in [2.05, 4.69) is 11.9 Å². The normalized spacial score (nSPS) is 27.8. The monoisotopic (exact) mass is 250 g/mol. The molecule has 0 radical (unpaired) electrons. The molecule has 3 heteroatoms. The standard InChI is InChI=1S/C15H23FN2/c1-3-11-6-4-5-7-13(11)15(2,17)14-9-8-12(16)10-18-14/h8-11,13H,3-7,17H2,1-2H3. The zero-order valence-electron chi connectivity index (χ0n) is 11.3. The van der Waals surface area contributed by atoms with Crippen LogP contribution in [0.1, 0.15) is 51.6 Å². The van der Waals surface area contributed by atoms with Crippen molar-refractivity contribution in [2.24, 2.45) is 17.6 Å². The lowest BCUT2D eigenvalue weighted by Crippen LogP contribution is -2.46. The van der Waals surface area contributed by atoms with E-state index in [0.717, 1.165) is 12.1 Å². The summed E-state index contributed by atoms with van der Waals surface area (Å²) in [6.07, 6.45) is 7.40. The van der Waals surface area contributed by atoms with Gasteiger partial charge in [-0.15, -0.1) is 0 Å². The number of nitrogens with zero attached hydrogens (tertiary/aromatic N) is 1. The van der Waals surface area contributed by atoms with Gasteiger partial charge in [0.2, 0.25) is 0 Å². The van der Waals surface area contributed by atoms with Crippen LogP contribution in [0.2, 0.25) is 0 Å². The highest BCUT2D eigenvalue weighted by Crippen LogP contribution is 2.41. The number of pyridine rings is 1. The molecule has 1 aliphatic rings. The third kappa shape index (κ3) is 2.56. The Morgan fingerprint density at radius 3 is 2.72 bits per heavy atom. The summed E-state index contributed by atoms with van der Waals surface area (Å²) < 4.78 is 13.0. The molecule has 1 aromatic rings. The molecule has 2 N–H and O–H groups in total. The number of aromatic nitrogens is 1. The molecule has 2 rings (SSSR count). The first-order valence-electron chi connectivity index (χ1n) is 6.96. The second-order valence-electron chi connectivity index (χ2n) is 5.70. The summed E-state index contributed by atoms with van der Waals surface area (Å²) in [5.74, 6) is 0.819. The van der Waals surface area contributed by atoms with Crippen LogP contribution < -0.4 is 5.73 Å². The zero-order valence-corrected chi connectivity index (χ0v) is 11.3. The molecule has 0 aromatic carbocycles. The number of nitrogens with two attached hydrogens (primary N) is 1. The zero-order chi connectivity index (χ0) is 13.2. The summed E-state index contributed by atoms with van der Waals surface area (Å²) in [7, 11) is 0. The largest absolute Gasteiger partial charge is 0.320 e. The van der Waals surface area contributed by atoms with E-state index in [9.17, 15) is 4.39 Å².